The molecule has 1 aromatic heterocycles. The summed E-state index contributed by atoms with van der Waals surface area (Å²) >= 11 is 1.54. The summed E-state index contributed by atoms with van der Waals surface area (Å²) in [6, 6.07) is 8.30. The van der Waals surface area contributed by atoms with Crippen LogP contribution in [0.2, 0.25) is 0 Å². The van der Waals surface area contributed by atoms with E-state index in [1.54, 1.807) is 0 Å². The van der Waals surface area contributed by atoms with Crippen LogP contribution < -0.4 is 5.73 Å². The lowest BCUT2D eigenvalue weighted by Crippen LogP contribution is -2.11. The maximum Gasteiger partial charge on any atom is 0.135 e. The Morgan fingerprint density at radius 3 is 2.83 bits per heavy atom. The first-order valence-electron chi connectivity index (χ1n) is 6.07. The second kappa shape index (κ2) is 4.21. The van der Waals surface area contributed by atoms with Crippen LogP contribution in [0.4, 0.5) is 0 Å². The fourth-order valence-electron chi connectivity index (χ4n) is 2.06. The summed E-state index contributed by atoms with van der Waals surface area (Å²) in [4.78, 5) is 5.56. The van der Waals surface area contributed by atoms with Crippen molar-refractivity contribution in [3.63, 3.8) is 0 Å². The third-order valence-electron chi connectivity index (χ3n) is 3.13. The number of thiazole rings is 1. The van der Waals surface area contributed by atoms with Crippen molar-refractivity contribution in [2.75, 3.05) is 0 Å². The summed E-state index contributed by atoms with van der Waals surface area (Å²) in [6.45, 7) is 2.07. The zero-order chi connectivity index (χ0) is 12.7. The average Bonchev–Trinajstić information content (AvgIpc) is 3.07. The lowest BCUT2D eigenvalue weighted by molar-refractivity contribution is 1.05. The molecular formula is C14H15N3S. The molecule has 3 nitrogen and oxygen atoms in total. The number of hydrogen-bond acceptors (Lipinski definition) is 3. The quantitative estimate of drug-likeness (QED) is 0.654. The molecule has 0 aliphatic heterocycles. The van der Waals surface area contributed by atoms with E-state index in [1.807, 2.05) is 6.07 Å². The van der Waals surface area contributed by atoms with Gasteiger partial charge < -0.3 is 5.73 Å². The molecule has 1 aromatic carbocycles. The second-order valence-corrected chi connectivity index (χ2v) is 5.79. The van der Waals surface area contributed by atoms with E-state index >= 15 is 0 Å². The van der Waals surface area contributed by atoms with Crippen molar-refractivity contribution in [2.45, 2.75) is 25.7 Å². The van der Waals surface area contributed by atoms with Crippen molar-refractivity contribution in [2.24, 2.45) is 5.73 Å². The van der Waals surface area contributed by atoms with Gasteiger partial charge in [-0.2, -0.15) is 0 Å². The van der Waals surface area contributed by atoms with Crippen LogP contribution in [0, 0.1) is 12.3 Å². The average molecular weight is 257 g/mol. The van der Waals surface area contributed by atoms with Gasteiger partial charge in [-0.25, -0.2) is 4.98 Å². The van der Waals surface area contributed by atoms with Crippen molar-refractivity contribution in [1.82, 2.24) is 4.98 Å². The minimum atomic E-state index is 0.147. The van der Waals surface area contributed by atoms with Crippen molar-refractivity contribution in [1.29, 1.82) is 5.41 Å². The molecule has 4 heteroatoms. The minimum Gasteiger partial charge on any atom is -0.383 e. The molecule has 0 spiro atoms. The van der Waals surface area contributed by atoms with Gasteiger partial charge in [0, 0.05) is 11.5 Å². The molecule has 0 bridgehead atoms. The van der Waals surface area contributed by atoms with Crippen LogP contribution in [0.25, 0.3) is 10.6 Å². The van der Waals surface area contributed by atoms with Gasteiger partial charge in [0.15, 0.2) is 0 Å². The van der Waals surface area contributed by atoms with Crippen LogP contribution in [-0.2, 0) is 0 Å². The molecule has 1 aliphatic rings. The smallest absolute Gasteiger partial charge is 0.135 e. The molecule has 1 fully saturated rings. The second-order valence-electron chi connectivity index (χ2n) is 4.79. The van der Waals surface area contributed by atoms with Crippen LogP contribution >= 0.6 is 11.3 Å². The molecule has 1 heterocycles. The minimum absolute atomic E-state index is 0.147. The van der Waals surface area contributed by atoms with Gasteiger partial charge in [-0.15, -0.1) is 11.3 Å². The van der Waals surface area contributed by atoms with Crippen LogP contribution in [0.15, 0.2) is 24.3 Å². The maximum absolute atomic E-state index is 7.66. The Balaban J connectivity index is 2.07. The van der Waals surface area contributed by atoms with Gasteiger partial charge in [-0.05, 0) is 25.8 Å². The molecular weight excluding hydrogens is 242 g/mol. The number of rotatable bonds is 3. The molecule has 0 radical (unpaired) electrons. The van der Waals surface area contributed by atoms with Crippen molar-refractivity contribution < 1.29 is 0 Å². The molecule has 92 valence electrons. The summed E-state index contributed by atoms with van der Waals surface area (Å²) in [5.74, 6) is 0.673. The van der Waals surface area contributed by atoms with E-state index in [1.165, 1.54) is 29.7 Å². The van der Waals surface area contributed by atoms with E-state index in [9.17, 15) is 0 Å². The zero-order valence-corrected chi connectivity index (χ0v) is 11.1. The van der Waals surface area contributed by atoms with E-state index in [4.69, 9.17) is 16.1 Å². The van der Waals surface area contributed by atoms with Gasteiger partial charge in [-0.3, -0.25) is 5.41 Å². The highest BCUT2D eigenvalue weighted by atomic mass is 32.1. The first kappa shape index (κ1) is 11.4. The van der Waals surface area contributed by atoms with Crippen molar-refractivity contribution >= 4 is 17.2 Å². The Hall–Kier alpha value is -1.68. The zero-order valence-electron chi connectivity index (χ0n) is 10.2. The molecule has 1 aliphatic carbocycles. The SMILES string of the molecule is Cc1cccc(-c2nc(C3CC3)c(C(=N)N)s2)c1. The molecule has 0 amide bonds. The number of nitrogens with zero attached hydrogens (tertiary/aromatic N) is 1. The van der Waals surface area contributed by atoms with Gasteiger partial charge in [0.2, 0.25) is 0 Å². The molecule has 18 heavy (non-hydrogen) atoms. The summed E-state index contributed by atoms with van der Waals surface area (Å²) in [6.07, 6.45) is 2.36. The predicted molar refractivity (Wildman–Crippen MR) is 75.3 cm³/mol. The number of aromatic nitrogens is 1. The van der Waals surface area contributed by atoms with Crippen LogP contribution in [0.1, 0.15) is 34.9 Å². The Bertz CT molecular complexity index is 611. The van der Waals surface area contributed by atoms with Gasteiger partial charge in [0.05, 0.1) is 10.6 Å². The highest BCUT2D eigenvalue weighted by Gasteiger charge is 2.30. The number of nitrogen functional groups attached to an aromatic ring is 1. The van der Waals surface area contributed by atoms with E-state index < -0.39 is 0 Å². The number of amidine groups is 1. The number of nitrogens with one attached hydrogen (secondary N) is 1. The highest BCUT2D eigenvalue weighted by Crippen LogP contribution is 2.44. The number of hydrogen-bond donors (Lipinski definition) is 2. The largest absolute Gasteiger partial charge is 0.383 e. The van der Waals surface area contributed by atoms with Gasteiger partial charge in [-0.1, -0.05) is 23.8 Å². The fraction of sp³-hybridized carbons (Fsp3) is 0.286. The third-order valence-corrected chi connectivity index (χ3v) is 4.28. The number of benzene rings is 1. The Kier molecular flexibility index (Phi) is 2.67. The van der Waals surface area contributed by atoms with Crippen molar-refractivity contribution in [3.8, 4) is 10.6 Å². The van der Waals surface area contributed by atoms with Gasteiger partial charge >= 0.3 is 0 Å². The van der Waals surface area contributed by atoms with Gasteiger partial charge in [0.25, 0.3) is 0 Å². The lowest BCUT2D eigenvalue weighted by Gasteiger charge is -1.97. The van der Waals surface area contributed by atoms with Crippen LogP contribution in [0.3, 0.4) is 0 Å². The molecule has 3 rings (SSSR count). The van der Waals surface area contributed by atoms with Gasteiger partial charge in [0.1, 0.15) is 10.8 Å². The Morgan fingerprint density at radius 2 is 2.22 bits per heavy atom. The Labute approximate surface area is 110 Å². The summed E-state index contributed by atoms with van der Waals surface area (Å²) in [5.41, 5.74) is 9.03. The highest BCUT2D eigenvalue weighted by molar-refractivity contribution is 7.17. The van der Waals surface area contributed by atoms with E-state index in [0.29, 0.717) is 5.92 Å². The number of nitrogens with two attached hydrogens (primary N) is 1. The van der Waals surface area contributed by atoms with Crippen LogP contribution in [0.5, 0.6) is 0 Å². The first-order valence-corrected chi connectivity index (χ1v) is 6.89. The topological polar surface area (TPSA) is 62.8 Å². The monoisotopic (exact) mass is 257 g/mol. The summed E-state index contributed by atoms with van der Waals surface area (Å²) in [7, 11) is 0. The summed E-state index contributed by atoms with van der Waals surface area (Å²) in [5, 5.41) is 8.64. The molecule has 0 atom stereocenters. The van der Waals surface area contributed by atoms with Crippen LogP contribution in [-0.4, -0.2) is 10.8 Å². The van der Waals surface area contributed by atoms with E-state index in [-0.39, 0.29) is 5.84 Å². The molecule has 0 unspecified atom stereocenters. The number of aryl methyl sites for hydroxylation is 1. The fourth-order valence-corrected chi connectivity index (χ4v) is 3.07. The molecule has 3 N–H and O–H groups in total. The summed E-state index contributed by atoms with van der Waals surface area (Å²) < 4.78 is 0. The van der Waals surface area contributed by atoms with E-state index in [2.05, 4.69) is 25.1 Å². The lowest BCUT2D eigenvalue weighted by atomic mass is 10.1. The standard InChI is InChI=1S/C14H15N3S/c1-8-3-2-4-10(7-8)14-17-11(9-5-6-9)12(18-14)13(15)16/h2-4,7,9H,5-6H2,1H3,(H3,15,16). The first-order chi connectivity index (χ1) is 8.65. The predicted octanol–water partition coefficient (Wildman–Crippen LogP) is 3.28. The van der Waals surface area contributed by atoms with Crippen molar-refractivity contribution in [3.05, 3.63) is 40.4 Å². The third kappa shape index (κ3) is 2.04. The molecule has 0 saturated heterocycles. The molecule has 1 saturated carbocycles. The normalized spacial score (nSPS) is 14.7. The maximum atomic E-state index is 7.66. The van der Waals surface area contributed by atoms with E-state index in [0.717, 1.165) is 21.1 Å². The Morgan fingerprint density at radius 1 is 1.44 bits per heavy atom. The molecule has 2 aromatic rings.